The Kier molecular flexibility index (Phi) is 4.73. The molecule has 4 heteroatoms. The highest BCUT2D eigenvalue weighted by atomic mass is 32.1. The van der Waals surface area contributed by atoms with Gasteiger partial charge in [-0.15, -0.1) is 11.3 Å². The Morgan fingerprint density at radius 3 is 2.89 bits per heavy atom. The van der Waals surface area contributed by atoms with Crippen LogP contribution in [0.5, 0.6) is 5.75 Å². The van der Waals surface area contributed by atoms with Crippen LogP contribution in [-0.4, -0.2) is 12.0 Å². The third kappa shape index (κ3) is 3.09. The summed E-state index contributed by atoms with van der Waals surface area (Å²) in [6, 6.07) is 8.51. The van der Waals surface area contributed by atoms with Crippen LogP contribution in [-0.2, 0) is 6.61 Å². The van der Waals surface area contributed by atoms with Gasteiger partial charge < -0.3 is 10.1 Å². The molecule has 0 fully saturated rings. The highest BCUT2D eigenvalue weighted by Gasteiger charge is 2.12. The lowest BCUT2D eigenvalue weighted by molar-refractivity contribution is 0.295. The number of thiazole rings is 1. The molecule has 0 saturated heterocycles. The van der Waals surface area contributed by atoms with Crippen molar-refractivity contribution in [3.8, 4) is 5.75 Å². The minimum Gasteiger partial charge on any atom is -0.487 e. The molecule has 2 aromatic rings. The Hall–Kier alpha value is -1.39. The first-order chi connectivity index (χ1) is 8.85. The fourth-order valence-corrected chi connectivity index (χ4v) is 2.48. The number of hydrogen-bond donors (Lipinski definition) is 1. The zero-order valence-electron chi connectivity index (χ0n) is 10.7. The Morgan fingerprint density at radius 1 is 1.39 bits per heavy atom. The molecule has 18 heavy (non-hydrogen) atoms. The van der Waals surface area contributed by atoms with Crippen molar-refractivity contribution in [3.63, 3.8) is 0 Å². The molecular weight excluding hydrogens is 244 g/mol. The Morgan fingerprint density at radius 2 is 2.22 bits per heavy atom. The van der Waals surface area contributed by atoms with E-state index in [-0.39, 0.29) is 0 Å². The maximum absolute atomic E-state index is 5.87. The van der Waals surface area contributed by atoms with E-state index in [1.807, 2.05) is 36.1 Å². The van der Waals surface area contributed by atoms with Crippen LogP contribution < -0.4 is 10.1 Å². The normalized spacial score (nSPS) is 12.3. The fraction of sp³-hybridized carbons (Fsp3) is 0.357. The fourth-order valence-electron chi connectivity index (χ4n) is 1.94. The summed E-state index contributed by atoms with van der Waals surface area (Å²) in [6.45, 7) is 2.69. The summed E-state index contributed by atoms with van der Waals surface area (Å²) in [5, 5.41) is 5.32. The number of nitrogens with one attached hydrogen (secondary N) is 1. The quantitative estimate of drug-likeness (QED) is 0.866. The Labute approximate surface area is 112 Å². The molecule has 1 aromatic carbocycles. The molecule has 1 N–H and O–H groups in total. The van der Waals surface area contributed by atoms with Crippen molar-refractivity contribution in [2.24, 2.45) is 0 Å². The lowest BCUT2D eigenvalue weighted by atomic mass is 10.0. The monoisotopic (exact) mass is 262 g/mol. The SMILES string of the molecule is CCC(NC)c1ccccc1OCc1cscn1. The number of nitrogens with zero attached hydrogens (tertiary/aromatic N) is 1. The minimum atomic E-state index is 0.330. The molecule has 0 spiro atoms. The third-order valence-corrected chi connectivity index (χ3v) is 3.55. The number of rotatable bonds is 6. The van der Waals surface area contributed by atoms with Crippen molar-refractivity contribution in [2.45, 2.75) is 26.0 Å². The van der Waals surface area contributed by atoms with Crippen LogP contribution in [0.3, 0.4) is 0 Å². The molecule has 0 saturated carbocycles. The molecule has 1 unspecified atom stereocenters. The van der Waals surface area contributed by atoms with Crippen molar-refractivity contribution in [1.82, 2.24) is 10.3 Å². The predicted molar refractivity (Wildman–Crippen MR) is 75.0 cm³/mol. The van der Waals surface area contributed by atoms with Crippen LogP contribution in [0, 0.1) is 0 Å². The zero-order valence-corrected chi connectivity index (χ0v) is 11.5. The summed E-state index contributed by atoms with van der Waals surface area (Å²) >= 11 is 1.59. The predicted octanol–water partition coefficient (Wildman–Crippen LogP) is 3.39. The van der Waals surface area contributed by atoms with E-state index < -0.39 is 0 Å². The van der Waals surface area contributed by atoms with Crippen molar-refractivity contribution < 1.29 is 4.74 Å². The van der Waals surface area contributed by atoms with Crippen LogP contribution in [0.15, 0.2) is 35.2 Å². The summed E-state index contributed by atoms with van der Waals surface area (Å²) in [5.41, 5.74) is 4.01. The Bertz CT molecular complexity index is 466. The van der Waals surface area contributed by atoms with Crippen LogP contribution in [0.2, 0.25) is 0 Å². The van der Waals surface area contributed by atoms with E-state index in [2.05, 4.69) is 23.3 Å². The molecule has 2 rings (SSSR count). The molecule has 0 radical (unpaired) electrons. The zero-order chi connectivity index (χ0) is 12.8. The molecule has 0 aliphatic heterocycles. The molecule has 0 bridgehead atoms. The van der Waals surface area contributed by atoms with Crippen LogP contribution in [0.25, 0.3) is 0 Å². The molecule has 0 aliphatic carbocycles. The number of benzene rings is 1. The summed E-state index contributed by atoms with van der Waals surface area (Å²) in [4.78, 5) is 4.22. The number of para-hydroxylation sites is 1. The van der Waals surface area contributed by atoms with Gasteiger partial charge in [-0.2, -0.15) is 0 Å². The summed E-state index contributed by atoms with van der Waals surface area (Å²) in [5.74, 6) is 0.937. The first-order valence-electron chi connectivity index (χ1n) is 6.11. The molecule has 1 heterocycles. The van der Waals surface area contributed by atoms with Crippen molar-refractivity contribution >= 4 is 11.3 Å². The van der Waals surface area contributed by atoms with E-state index in [0.717, 1.165) is 17.9 Å². The molecule has 96 valence electrons. The average molecular weight is 262 g/mol. The van der Waals surface area contributed by atoms with E-state index in [0.29, 0.717) is 12.6 Å². The second-order valence-electron chi connectivity index (χ2n) is 4.06. The van der Waals surface area contributed by atoms with Crippen molar-refractivity contribution in [1.29, 1.82) is 0 Å². The molecular formula is C14H18N2OS. The third-order valence-electron chi connectivity index (χ3n) is 2.91. The van der Waals surface area contributed by atoms with Crippen LogP contribution in [0.4, 0.5) is 0 Å². The van der Waals surface area contributed by atoms with E-state index in [1.54, 1.807) is 11.3 Å². The van der Waals surface area contributed by atoms with Gasteiger partial charge in [0.15, 0.2) is 0 Å². The lowest BCUT2D eigenvalue weighted by Crippen LogP contribution is -2.16. The maximum Gasteiger partial charge on any atom is 0.131 e. The standard InChI is InChI=1S/C14H18N2OS/c1-3-13(15-2)12-6-4-5-7-14(12)17-8-11-9-18-10-16-11/h4-7,9-10,13,15H,3,8H2,1-2H3. The first kappa shape index (κ1) is 13.1. The second-order valence-corrected chi connectivity index (χ2v) is 4.77. The summed E-state index contributed by atoms with van der Waals surface area (Å²) in [6.07, 6.45) is 1.04. The highest BCUT2D eigenvalue weighted by Crippen LogP contribution is 2.27. The lowest BCUT2D eigenvalue weighted by Gasteiger charge is -2.18. The largest absolute Gasteiger partial charge is 0.487 e. The smallest absolute Gasteiger partial charge is 0.131 e. The van der Waals surface area contributed by atoms with Gasteiger partial charge in [-0.25, -0.2) is 4.98 Å². The topological polar surface area (TPSA) is 34.1 Å². The second kappa shape index (κ2) is 6.52. The molecule has 3 nitrogen and oxygen atoms in total. The van der Waals surface area contributed by atoms with Gasteiger partial charge in [0.2, 0.25) is 0 Å². The molecule has 1 aromatic heterocycles. The number of hydrogen-bond acceptors (Lipinski definition) is 4. The van der Waals surface area contributed by atoms with Crippen molar-refractivity contribution in [2.75, 3.05) is 7.05 Å². The molecule has 0 aliphatic rings. The Balaban J connectivity index is 2.12. The molecule has 0 amide bonds. The van der Waals surface area contributed by atoms with Crippen molar-refractivity contribution in [3.05, 3.63) is 46.4 Å². The average Bonchev–Trinajstić information content (AvgIpc) is 2.92. The maximum atomic E-state index is 5.87. The van der Waals surface area contributed by atoms with Gasteiger partial charge in [-0.3, -0.25) is 0 Å². The first-order valence-corrected chi connectivity index (χ1v) is 7.05. The van der Waals surface area contributed by atoms with Gasteiger partial charge in [0, 0.05) is 17.0 Å². The van der Waals surface area contributed by atoms with Crippen LogP contribution >= 0.6 is 11.3 Å². The van der Waals surface area contributed by atoms with Gasteiger partial charge >= 0.3 is 0 Å². The number of ether oxygens (including phenoxy) is 1. The minimum absolute atomic E-state index is 0.330. The van der Waals surface area contributed by atoms with E-state index in [4.69, 9.17) is 4.74 Å². The summed E-state index contributed by atoms with van der Waals surface area (Å²) < 4.78 is 5.87. The summed E-state index contributed by atoms with van der Waals surface area (Å²) in [7, 11) is 1.98. The highest BCUT2D eigenvalue weighted by molar-refractivity contribution is 7.07. The van der Waals surface area contributed by atoms with Gasteiger partial charge in [0.25, 0.3) is 0 Å². The van der Waals surface area contributed by atoms with E-state index in [9.17, 15) is 0 Å². The number of aromatic nitrogens is 1. The van der Waals surface area contributed by atoms with Gasteiger partial charge in [-0.05, 0) is 19.5 Å². The van der Waals surface area contributed by atoms with Gasteiger partial charge in [-0.1, -0.05) is 25.1 Å². The van der Waals surface area contributed by atoms with Gasteiger partial charge in [0.05, 0.1) is 11.2 Å². The van der Waals surface area contributed by atoms with E-state index >= 15 is 0 Å². The molecule has 1 atom stereocenters. The van der Waals surface area contributed by atoms with Gasteiger partial charge in [0.1, 0.15) is 12.4 Å². The van der Waals surface area contributed by atoms with E-state index in [1.165, 1.54) is 5.56 Å². The van der Waals surface area contributed by atoms with Crippen LogP contribution in [0.1, 0.15) is 30.6 Å².